The molecule has 5 nitrogen and oxygen atoms in total. The Kier molecular flexibility index (Phi) is 4.37. The molecule has 5 heteroatoms. The predicted molar refractivity (Wildman–Crippen MR) is 75.1 cm³/mol. The van der Waals surface area contributed by atoms with Crippen molar-refractivity contribution in [3.05, 3.63) is 30.1 Å². The number of amides is 1. The van der Waals surface area contributed by atoms with Crippen molar-refractivity contribution in [1.29, 1.82) is 0 Å². The smallest absolute Gasteiger partial charge is 0.257 e. The van der Waals surface area contributed by atoms with Crippen molar-refractivity contribution < 1.29 is 4.79 Å². The number of aromatic nitrogens is 2. The molecule has 0 unspecified atom stereocenters. The van der Waals surface area contributed by atoms with Gasteiger partial charge in [0.1, 0.15) is 0 Å². The van der Waals surface area contributed by atoms with Crippen LogP contribution in [0.1, 0.15) is 22.5 Å². The second kappa shape index (κ2) is 6.02. The number of aryl methyl sites for hydroxylation is 1. The fourth-order valence-corrected chi connectivity index (χ4v) is 2.42. The first-order valence-corrected chi connectivity index (χ1v) is 6.74. The fraction of sp³-hybridized carbons (Fsp3) is 0.571. The summed E-state index contributed by atoms with van der Waals surface area (Å²) in [7, 11) is 1.86. The highest BCUT2D eigenvalue weighted by Gasteiger charge is 2.22. The first kappa shape index (κ1) is 13.8. The van der Waals surface area contributed by atoms with Gasteiger partial charge in [0, 0.05) is 45.5 Å². The van der Waals surface area contributed by atoms with Gasteiger partial charge in [0.05, 0.1) is 11.8 Å². The second-order valence-corrected chi connectivity index (χ2v) is 5.00. The summed E-state index contributed by atoms with van der Waals surface area (Å²) in [5.41, 5.74) is 1.65. The lowest BCUT2D eigenvalue weighted by molar-refractivity contribution is 0.0761. The lowest BCUT2D eigenvalue weighted by Crippen LogP contribution is -2.35. The number of rotatable bonds is 3. The maximum Gasteiger partial charge on any atom is 0.257 e. The van der Waals surface area contributed by atoms with Crippen LogP contribution in [0.25, 0.3) is 0 Å². The SMILES string of the molecule is C=CCN1CCCN(C(=O)c2cnn(C)c2C)CC1. The Hall–Kier alpha value is -1.62. The molecule has 1 aromatic heterocycles. The van der Waals surface area contributed by atoms with Crippen LogP contribution in [0.3, 0.4) is 0 Å². The number of carbonyl (C=O) groups is 1. The fourth-order valence-electron chi connectivity index (χ4n) is 2.42. The van der Waals surface area contributed by atoms with E-state index >= 15 is 0 Å². The van der Waals surface area contributed by atoms with E-state index in [0.29, 0.717) is 0 Å². The van der Waals surface area contributed by atoms with E-state index in [0.717, 1.165) is 50.4 Å². The third-order valence-electron chi connectivity index (χ3n) is 3.73. The lowest BCUT2D eigenvalue weighted by atomic mass is 10.2. The van der Waals surface area contributed by atoms with Crippen molar-refractivity contribution in [3.8, 4) is 0 Å². The van der Waals surface area contributed by atoms with Gasteiger partial charge in [-0.1, -0.05) is 6.08 Å². The highest BCUT2D eigenvalue weighted by Crippen LogP contribution is 2.12. The van der Waals surface area contributed by atoms with Crippen molar-refractivity contribution >= 4 is 5.91 Å². The zero-order chi connectivity index (χ0) is 13.8. The largest absolute Gasteiger partial charge is 0.337 e. The Morgan fingerprint density at radius 1 is 1.42 bits per heavy atom. The predicted octanol–water partition coefficient (Wildman–Crippen LogP) is 1.06. The lowest BCUT2D eigenvalue weighted by Gasteiger charge is -2.21. The Bertz CT molecular complexity index is 466. The van der Waals surface area contributed by atoms with E-state index < -0.39 is 0 Å². The van der Waals surface area contributed by atoms with Crippen molar-refractivity contribution in [2.75, 3.05) is 32.7 Å². The topological polar surface area (TPSA) is 41.4 Å². The van der Waals surface area contributed by atoms with Gasteiger partial charge in [0.2, 0.25) is 0 Å². The van der Waals surface area contributed by atoms with Gasteiger partial charge in [-0.25, -0.2) is 0 Å². The molecule has 0 bridgehead atoms. The summed E-state index contributed by atoms with van der Waals surface area (Å²) in [6, 6.07) is 0. The van der Waals surface area contributed by atoms with Gasteiger partial charge < -0.3 is 4.90 Å². The Labute approximate surface area is 114 Å². The zero-order valence-corrected chi connectivity index (χ0v) is 11.8. The van der Waals surface area contributed by atoms with Crippen molar-refractivity contribution in [3.63, 3.8) is 0 Å². The highest BCUT2D eigenvalue weighted by molar-refractivity contribution is 5.95. The molecule has 1 saturated heterocycles. The number of nitrogens with zero attached hydrogens (tertiary/aromatic N) is 4. The van der Waals surface area contributed by atoms with Gasteiger partial charge >= 0.3 is 0 Å². The molecule has 0 aromatic carbocycles. The third-order valence-corrected chi connectivity index (χ3v) is 3.73. The number of hydrogen-bond donors (Lipinski definition) is 0. The van der Waals surface area contributed by atoms with Crippen LogP contribution in [0, 0.1) is 6.92 Å². The van der Waals surface area contributed by atoms with Gasteiger partial charge in [-0.05, 0) is 13.3 Å². The molecule has 1 aliphatic rings. The molecular weight excluding hydrogens is 240 g/mol. The average Bonchev–Trinajstić information content (AvgIpc) is 2.62. The Morgan fingerprint density at radius 3 is 2.84 bits per heavy atom. The van der Waals surface area contributed by atoms with Gasteiger partial charge in [0.15, 0.2) is 0 Å². The molecular formula is C14H22N4O. The first-order chi connectivity index (χ1) is 9.13. The standard InChI is InChI=1S/C14H22N4O/c1-4-6-17-7-5-8-18(10-9-17)14(19)13-11-15-16(3)12(13)2/h4,11H,1,5-10H2,2-3H3. The average molecular weight is 262 g/mol. The first-order valence-electron chi connectivity index (χ1n) is 6.74. The molecule has 1 fully saturated rings. The molecule has 0 N–H and O–H groups in total. The monoisotopic (exact) mass is 262 g/mol. The molecule has 0 radical (unpaired) electrons. The molecule has 19 heavy (non-hydrogen) atoms. The van der Waals surface area contributed by atoms with E-state index in [1.54, 1.807) is 10.9 Å². The minimum absolute atomic E-state index is 0.103. The van der Waals surface area contributed by atoms with Crippen LogP contribution >= 0.6 is 0 Å². The minimum atomic E-state index is 0.103. The molecule has 2 heterocycles. The summed E-state index contributed by atoms with van der Waals surface area (Å²) >= 11 is 0. The molecule has 0 atom stereocenters. The molecule has 104 valence electrons. The second-order valence-electron chi connectivity index (χ2n) is 5.00. The van der Waals surface area contributed by atoms with Gasteiger partial charge in [-0.15, -0.1) is 6.58 Å². The van der Waals surface area contributed by atoms with Gasteiger partial charge in [-0.2, -0.15) is 5.10 Å². The quantitative estimate of drug-likeness (QED) is 0.765. The van der Waals surface area contributed by atoms with Crippen LogP contribution in [-0.4, -0.2) is 58.2 Å². The van der Waals surface area contributed by atoms with Crippen LogP contribution < -0.4 is 0 Å². The molecule has 1 amide bonds. The molecule has 1 aliphatic heterocycles. The summed E-state index contributed by atoms with van der Waals surface area (Å²) in [6.45, 7) is 10.1. The Balaban J connectivity index is 2.04. The normalized spacial score (nSPS) is 17.3. The number of carbonyl (C=O) groups excluding carboxylic acids is 1. The summed E-state index contributed by atoms with van der Waals surface area (Å²) in [5.74, 6) is 0.103. The van der Waals surface area contributed by atoms with E-state index in [9.17, 15) is 4.79 Å². The van der Waals surface area contributed by atoms with Crippen molar-refractivity contribution in [1.82, 2.24) is 19.6 Å². The Morgan fingerprint density at radius 2 is 2.21 bits per heavy atom. The van der Waals surface area contributed by atoms with Crippen LogP contribution in [0.4, 0.5) is 0 Å². The van der Waals surface area contributed by atoms with E-state index in [-0.39, 0.29) is 5.91 Å². The van der Waals surface area contributed by atoms with Gasteiger partial charge in [0.25, 0.3) is 5.91 Å². The van der Waals surface area contributed by atoms with Crippen molar-refractivity contribution in [2.24, 2.45) is 7.05 Å². The maximum atomic E-state index is 12.5. The van der Waals surface area contributed by atoms with E-state index in [2.05, 4.69) is 16.6 Å². The van der Waals surface area contributed by atoms with Crippen molar-refractivity contribution in [2.45, 2.75) is 13.3 Å². The van der Waals surface area contributed by atoms with Gasteiger partial charge in [-0.3, -0.25) is 14.4 Å². The molecule has 0 saturated carbocycles. The molecule has 1 aromatic rings. The van der Waals surface area contributed by atoms with Crippen LogP contribution in [0.15, 0.2) is 18.9 Å². The zero-order valence-electron chi connectivity index (χ0n) is 11.8. The van der Waals surface area contributed by atoms with Crippen LogP contribution in [0.2, 0.25) is 0 Å². The molecule has 0 spiro atoms. The maximum absolute atomic E-state index is 12.5. The van der Waals surface area contributed by atoms with E-state index in [1.807, 2.05) is 24.9 Å². The summed E-state index contributed by atoms with van der Waals surface area (Å²) in [6.07, 6.45) is 4.60. The summed E-state index contributed by atoms with van der Waals surface area (Å²) in [4.78, 5) is 16.8. The minimum Gasteiger partial charge on any atom is -0.337 e. The summed E-state index contributed by atoms with van der Waals surface area (Å²) in [5, 5.41) is 4.15. The van der Waals surface area contributed by atoms with Crippen LogP contribution in [-0.2, 0) is 7.05 Å². The van der Waals surface area contributed by atoms with E-state index in [4.69, 9.17) is 0 Å². The number of hydrogen-bond acceptors (Lipinski definition) is 3. The van der Waals surface area contributed by atoms with E-state index in [1.165, 1.54) is 0 Å². The molecule has 2 rings (SSSR count). The molecule has 0 aliphatic carbocycles. The third kappa shape index (κ3) is 3.04. The van der Waals surface area contributed by atoms with Crippen LogP contribution in [0.5, 0.6) is 0 Å². The summed E-state index contributed by atoms with van der Waals surface area (Å²) < 4.78 is 1.75. The highest BCUT2D eigenvalue weighted by atomic mass is 16.2.